The molecule has 2 aliphatic rings. The summed E-state index contributed by atoms with van der Waals surface area (Å²) in [6, 6.07) is 7.98. The van der Waals surface area contributed by atoms with Crippen LogP contribution >= 0.6 is 23.2 Å². The molecule has 34 heavy (non-hydrogen) atoms. The molecule has 184 valence electrons. The van der Waals surface area contributed by atoms with Gasteiger partial charge in [0.15, 0.2) is 17.4 Å². The molecule has 3 heterocycles. The molecule has 0 unspecified atom stereocenters. The first kappa shape index (κ1) is 25.2. The Morgan fingerprint density at radius 1 is 1.15 bits per heavy atom. The number of pyridine rings is 1. The average molecular weight is 528 g/mol. The number of benzene rings is 1. The third-order valence-corrected chi connectivity index (χ3v) is 8.98. The van der Waals surface area contributed by atoms with Gasteiger partial charge in [-0.2, -0.15) is 12.7 Å². The molecule has 1 aromatic carbocycles. The topological polar surface area (TPSA) is 100 Å². The maximum atomic E-state index is 13.6. The number of anilines is 1. The zero-order valence-corrected chi connectivity index (χ0v) is 21.3. The van der Waals surface area contributed by atoms with Crippen molar-refractivity contribution in [2.24, 2.45) is 11.8 Å². The number of ether oxygens (including phenoxy) is 1. The maximum Gasteiger partial charge on any atom is 0.305 e. The Morgan fingerprint density at radius 3 is 2.50 bits per heavy atom. The van der Waals surface area contributed by atoms with Gasteiger partial charge in [0.25, 0.3) is 0 Å². The third kappa shape index (κ3) is 4.90. The molecule has 0 amide bonds. The number of carbonyl (C=O) groups excluding carboxylic acids is 1. The first-order valence-corrected chi connectivity index (χ1v) is 13.3. The summed E-state index contributed by atoms with van der Waals surface area (Å²) >= 11 is 12.3. The van der Waals surface area contributed by atoms with Crippen LogP contribution in [0.3, 0.4) is 0 Å². The van der Waals surface area contributed by atoms with Crippen molar-refractivity contribution in [3.8, 4) is 5.75 Å². The lowest BCUT2D eigenvalue weighted by atomic mass is 9.90. The second-order valence-corrected chi connectivity index (χ2v) is 11.6. The van der Waals surface area contributed by atoms with E-state index in [1.807, 2.05) is 6.92 Å². The molecule has 0 spiro atoms. The Balaban J connectivity index is 1.66. The molecule has 0 aliphatic carbocycles. The Labute approximate surface area is 209 Å². The number of ketones is 1. The van der Waals surface area contributed by atoms with Crippen molar-refractivity contribution in [3.05, 3.63) is 51.6 Å². The molecule has 1 fully saturated rings. The van der Waals surface area contributed by atoms with Crippen LogP contribution in [-0.2, 0) is 16.6 Å². The van der Waals surface area contributed by atoms with Gasteiger partial charge in [0.05, 0.1) is 40.9 Å². The summed E-state index contributed by atoms with van der Waals surface area (Å²) in [5.74, 6) is 0.656. The molecule has 1 aromatic heterocycles. The van der Waals surface area contributed by atoms with E-state index in [4.69, 9.17) is 27.9 Å². The highest BCUT2D eigenvalue weighted by molar-refractivity contribution is 7.90. The smallest absolute Gasteiger partial charge is 0.305 e. The molecular formula is C23H27Cl2N3O5S. The number of aromatic nitrogens is 1. The van der Waals surface area contributed by atoms with E-state index < -0.39 is 16.3 Å². The monoisotopic (exact) mass is 527 g/mol. The van der Waals surface area contributed by atoms with Crippen molar-refractivity contribution >= 4 is 45.0 Å². The van der Waals surface area contributed by atoms with Gasteiger partial charge in [-0.05, 0) is 42.5 Å². The number of aliphatic hydroxyl groups excluding tert-OH is 1. The highest BCUT2D eigenvalue weighted by Gasteiger charge is 2.40. The van der Waals surface area contributed by atoms with E-state index in [-0.39, 0.29) is 58.4 Å². The van der Waals surface area contributed by atoms with E-state index in [1.165, 1.54) is 8.61 Å². The van der Waals surface area contributed by atoms with Gasteiger partial charge in [0, 0.05) is 13.1 Å². The zero-order chi connectivity index (χ0) is 24.6. The zero-order valence-electron chi connectivity index (χ0n) is 18.9. The number of nitrogens with zero attached hydrogens (tertiary/aromatic N) is 3. The molecule has 1 saturated heterocycles. The summed E-state index contributed by atoms with van der Waals surface area (Å²) in [6.07, 6.45) is -0.0758. The van der Waals surface area contributed by atoms with Crippen molar-refractivity contribution < 1.29 is 23.1 Å². The van der Waals surface area contributed by atoms with Crippen LogP contribution in [-0.4, -0.2) is 60.9 Å². The predicted molar refractivity (Wildman–Crippen MR) is 131 cm³/mol. The summed E-state index contributed by atoms with van der Waals surface area (Å²) in [5.41, 5.74) is 0.550. The van der Waals surface area contributed by atoms with Gasteiger partial charge in [-0.25, -0.2) is 9.29 Å². The fourth-order valence-electron chi connectivity index (χ4n) is 4.22. The van der Waals surface area contributed by atoms with Crippen LogP contribution in [0.5, 0.6) is 5.75 Å². The summed E-state index contributed by atoms with van der Waals surface area (Å²) < 4.78 is 35.7. The van der Waals surface area contributed by atoms with Crippen molar-refractivity contribution in [1.29, 1.82) is 0 Å². The highest BCUT2D eigenvalue weighted by Crippen LogP contribution is 2.36. The van der Waals surface area contributed by atoms with Gasteiger partial charge in [0.2, 0.25) is 0 Å². The van der Waals surface area contributed by atoms with E-state index in [2.05, 4.69) is 11.9 Å². The Morgan fingerprint density at radius 2 is 1.85 bits per heavy atom. The van der Waals surface area contributed by atoms with E-state index in [1.54, 1.807) is 30.3 Å². The third-order valence-electron chi connectivity index (χ3n) is 6.48. The van der Waals surface area contributed by atoms with Gasteiger partial charge in [-0.3, -0.25) is 4.79 Å². The van der Waals surface area contributed by atoms with Crippen LogP contribution in [0.25, 0.3) is 0 Å². The number of Topliss-reactive ketones (excluding diaryl/α,β-unsaturated/α-hetero) is 1. The number of halogens is 2. The highest BCUT2D eigenvalue weighted by atomic mass is 35.5. The Bertz CT molecular complexity index is 1170. The summed E-state index contributed by atoms with van der Waals surface area (Å²) in [6.45, 7) is 4.56. The van der Waals surface area contributed by atoms with Crippen molar-refractivity contribution in [1.82, 2.24) is 9.29 Å². The first-order chi connectivity index (χ1) is 16.1. The number of hydrogen-bond donors (Lipinski definition) is 1. The molecular weight excluding hydrogens is 501 g/mol. The van der Waals surface area contributed by atoms with Gasteiger partial charge in [-0.1, -0.05) is 43.1 Å². The molecule has 2 aliphatic heterocycles. The Hall–Kier alpha value is -1.91. The van der Waals surface area contributed by atoms with E-state index >= 15 is 0 Å². The molecule has 2 aromatic rings. The van der Waals surface area contributed by atoms with Crippen LogP contribution in [0.15, 0.2) is 30.3 Å². The number of rotatable bonds is 6. The number of hydrogen-bond acceptors (Lipinski definition) is 6. The molecule has 11 heteroatoms. The minimum absolute atomic E-state index is 0.0764. The van der Waals surface area contributed by atoms with E-state index in [0.29, 0.717) is 24.7 Å². The van der Waals surface area contributed by atoms with Gasteiger partial charge in [-0.15, -0.1) is 0 Å². The fraction of sp³-hybridized carbons (Fsp3) is 0.478. The largest absolute Gasteiger partial charge is 0.482 e. The molecule has 0 radical (unpaired) electrons. The van der Waals surface area contributed by atoms with Crippen LogP contribution in [0.4, 0.5) is 5.82 Å². The second kappa shape index (κ2) is 9.99. The van der Waals surface area contributed by atoms with Crippen LogP contribution in [0, 0.1) is 11.8 Å². The lowest BCUT2D eigenvalue weighted by molar-refractivity contribution is 0.0991. The van der Waals surface area contributed by atoms with Gasteiger partial charge in [0.1, 0.15) is 6.10 Å². The molecule has 3 atom stereocenters. The molecule has 1 N–H and O–H groups in total. The van der Waals surface area contributed by atoms with Gasteiger partial charge >= 0.3 is 10.2 Å². The average Bonchev–Trinajstić information content (AvgIpc) is 2.79. The normalized spacial score (nSPS) is 23.3. The second-order valence-electron chi connectivity index (χ2n) is 8.88. The number of fused-ring (bicyclic) bond motifs is 1. The number of carbonyl (C=O) groups is 1. The maximum absolute atomic E-state index is 13.6. The van der Waals surface area contributed by atoms with Crippen molar-refractivity contribution in [3.63, 3.8) is 0 Å². The van der Waals surface area contributed by atoms with Crippen LogP contribution < -0.4 is 9.04 Å². The van der Waals surface area contributed by atoms with Crippen molar-refractivity contribution in [2.45, 2.75) is 32.8 Å². The lowest BCUT2D eigenvalue weighted by Gasteiger charge is -2.40. The van der Waals surface area contributed by atoms with E-state index in [0.717, 1.165) is 6.42 Å². The standard InChI is InChI=1S/C23H27Cl2N3O5S/c1-14-8-9-27(11-15(14)2)34(31,32)28-12-17(13-29)33-21-7-6-16(26-23(21)28)10-20(30)22-18(24)4-3-5-19(22)25/h3-7,14-15,17,29H,8-13H2,1-2H3/t14-,15-,17-/m1/s1. The first-order valence-electron chi connectivity index (χ1n) is 11.1. The molecule has 4 rings (SSSR count). The summed E-state index contributed by atoms with van der Waals surface area (Å²) in [7, 11) is -3.92. The van der Waals surface area contributed by atoms with Gasteiger partial charge < -0.3 is 9.84 Å². The number of aliphatic hydroxyl groups is 1. The Kier molecular flexibility index (Phi) is 7.40. The van der Waals surface area contributed by atoms with Crippen LogP contribution in [0.1, 0.15) is 36.3 Å². The minimum Gasteiger partial charge on any atom is -0.482 e. The lowest BCUT2D eigenvalue weighted by Crippen LogP contribution is -2.54. The van der Waals surface area contributed by atoms with Crippen molar-refractivity contribution in [2.75, 3.05) is 30.5 Å². The molecule has 8 nitrogen and oxygen atoms in total. The van der Waals surface area contributed by atoms with E-state index in [9.17, 15) is 18.3 Å². The molecule has 0 bridgehead atoms. The summed E-state index contributed by atoms with van der Waals surface area (Å²) in [4.78, 5) is 17.4. The fourth-order valence-corrected chi connectivity index (χ4v) is 6.57. The minimum atomic E-state index is -3.92. The summed E-state index contributed by atoms with van der Waals surface area (Å²) in [5, 5.41) is 10.2. The number of piperidine rings is 1. The molecule has 0 saturated carbocycles. The SMILES string of the molecule is C[C@@H]1CCN(S(=O)(=O)N2C[C@H](CO)Oc3ccc(CC(=O)c4c(Cl)cccc4Cl)nc32)C[C@H]1C. The van der Waals surface area contributed by atoms with Crippen LogP contribution in [0.2, 0.25) is 10.0 Å². The quantitative estimate of drug-likeness (QED) is 0.576. The predicted octanol–water partition coefficient (Wildman–Crippen LogP) is 3.60.